The molecule has 0 bridgehead atoms. The molecule has 0 unspecified atom stereocenters. The number of thioether (sulfide) groups is 1. The van der Waals surface area contributed by atoms with E-state index in [1.165, 1.54) is 30.2 Å². The monoisotopic (exact) mass is 313 g/mol. The minimum atomic E-state index is -0.385. The lowest BCUT2D eigenvalue weighted by atomic mass is 10.2. The molecule has 0 radical (unpaired) electrons. The van der Waals surface area contributed by atoms with E-state index in [-0.39, 0.29) is 5.97 Å². The first-order chi connectivity index (χ1) is 9.13. The van der Waals surface area contributed by atoms with E-state index in [1.807, 2.05) is 6.26 Å². The molecule has 5 nitrogen and oxygen atoms in total. The van der Waals surface area contributed by atoms with E-state index < -0.39 is 0 Å². The fourth-order valence-electron chi connectivity index (χ4n) is 1.28. The molecule has 2 N–H and O–H groups in total. The number of rotatable bonds is 4. The summed E-state index contributed by atoms with van der Waals surface area (Å²) >= 11 is 4.42. The highest BCUT2D eigenvalue weighted by atomic mass is 32.2. The zero-order valence-corrected chi connectivity index (χ0v) is 12.7. The predicted octanol–water partition coefficient (Wildman–Crippen LogP) is 2.78. The fourth-order valence-corrected chi connectivity index (χ4v) is 3.76. The Balaban J connectivity index is 2.25. The smallest absolute Gasteiger partial charge is 0.337 e. The second-order valence-corrected chi connectivity index (χ2v) is 6.70. The number of anilines is 1. The SMILES string of the molecule is COC(=O)c1ccc(N)c(Sc2nnc(SC)s2)c1. The minimum Gasteiger partial charge on any atom is -0.465 e. The molecule has 0 aliphatic heterocycles. The Bertz CT molecular complexity index is 601. The van der Waals surface area contributed by atoms with Gasteiger partial charge < -0.3 is 10.5 Å². The summed E-state index contributed by atoms with van der Waals surface area (Å²) in [6.07, 6.45) is 1.95. The molecular formula is C11H11N3O2S3. The van der Waals surface area contributed by atoms with Crippen LogP contribution < -0.4 is 5.73 Å². The number of benzene rings is 1. The van der Waals surface area contributed by atoms with Crippen molar-refractivity contribution in [1.29, 1.82) is 0 Å². The Morgan fingerprint density at radius 3 is 2.74 bits per heavy atom. The van der Waals surface area contributed by atoms with Gasteiger partial charge in [-0.1, -0.05) is 34.9 Å². The first-order valence-electron chi connectivity index (χ1n) is 5.17. The third-order valence-electron chi connectivity index (χ3n) is 2.19. The number of nitrogens with zero attached hydrogens (tertiary/aromatic N) is 2. The average Bonchev–Trinajstić information content (AvgIpc) is 2.88. The van der Waals surface area contributed by atoms with Crippen LogP contribution in [0.25, 0.3) is 0 Å². The second-order valence-electron chi connectivity index (χ2n) is 3.38. The molecule has 0 aliphatic carbocycles. The normalized spacial score (nSPS) is 10.4. The Hall–Kier alpha value is -1.25. The molecule has 0 aliphatic rings. The summed E-state index contributed by atoms with van der Waals surface area (Å²) in [6, 6.07) is 5.02. The summed E-state index contributed by atoms with van der Waals surface area (Å²) in [5.74, 6) is -0.385. The summed E-state index contributed by atoms with van der Waals surface area (Å²) in [4.78, 5) is 12.2. The number of carbonyl (C=O) groups excluding carboxylic acids is 1. The van der Waals surface area contributed by atoms with Crippen LogP contribution in [0, 0.1) is 0 Å². The van der Waals surface area contributed by atoms with Gasteiger partial charge in [-0.05, 0) is 24.5 Å². The van der Waals surface area contributed by atoms with Crippen LogP contribution in [-0.4, -0.2) is 29.5 Å². The Morgan fingerprint density at radius 2 is 2.11 bits per heavy atom. The van der Waals surface area contributed by atoms with Crippen molar-refractivity contribution in [1.82, 2.24) is 10.2 Å². The topological polar surface area (TPSA) is 78.1 Å². The van der Waals surface area contributed by atoms with Gasteiger partial charge in [0.25, 0.3) is 0 Å². The third-order valence-corrected chi connectivity index (χ3v) is 5.22. The van der Waals surface area contributed by atoms with Crippen LogP contribution in [-0.2, 0) is 4.74 Å². The van der Waals surface area contributed by atoms with E-state index in [9.17, 15) is 4.79 Å². The highest BCUT2D eigenvalue weighted by molar-refractivity contribution is 8.03. The highest BCUT2D eigenvalue weighted by Gasteiger charge is 2.12. The predicted molar refractivity (Wildman–Crippen MR) is 78.0 cm³/mol. The number of methoxy groups -OCH3 is 1. The quantitative estimate of drug-likeness (QED) is 0.528. The molecule has 2 rings (SSSR count). The number of aromatic nitrogens is 2. The van der Waals surface area contributed by atoms with Gasteiger partial charge in [-0.3, -0.25) is 0 Å². The van der Waals surface area contributed by atoms with Gasteiger partial charge in [-0.25, -0.2) is 4.79 Å². The Kier molecular flexibility index (Phi) is 4.67. The molecule has 0 spiro atoms. The fraction of sp³-hybridized carbons (Fsp3) is 0.182. The number of ether oxygens (including phenoxy) is 1. The van der Waals surface area contributed by atoms with Crippen LogP contribution in [0.15, 0.2) is 31.8 Å². The minimum absolute atomic E-state index is 0.385. The van der Waals surface area contributed by atoms with Crippen molar-refractivity contribution in [3.05, 3.63) is 23.8 Å². The van der Waals surface area contributed by atoms with Crippen LogP contribution >= 0.6 is 34.9 Å². The van der Waals surface area contributed by atoms with E-state index in [4.69, 9.17) is 5.73 Å². The lowest BCUT2D eigenvalue weighted by Crippen LogP contribution is -2.02. The molecule has 0 atom stereocenters. The number of esters is 1. The lowest BCUT2D eigenvalue weighted by molar-refractivity contribution is 0.0600. The summed E-state index contributed by atoms with van der Waals surface area (Å²) in [7, 11) is 1.35. The molecule has 0 saturated heterocycles. The van der Waals surface area contributed by atoms with Gasteiger partial charge in [-0.15, -0.1) is 10.2 Å². The first-order valence-corrected chi connectivity index (χ1v) is 8.03. The molecule has 0 saturated carbocycles. The van der Waals surface area contributed by atoms with Gasteiger partial charge in [0, 0.05) is 10.6 Å². The zero-order chi connectivity index (χ0) is 13.8. The van der Waals surface area contributed by atoms with Crippen molar-refractivity contribution in [2.75, 3.05) is 19.1 Å². The molecule has 8 heteroatoms. The van der Waals surface area contributed by atoms with Gasteiger partial charge in [-0.2, -0.15) is 0 Å². The van der Waals surface area contributed by atoms with Gasteiger partial charge in [0.1, 0.15) is 0 Å². The molecule has 0 fully saturated rings. The van der Waals surface area contributed by atoms with Crippen LogP contribution in [0.1, 0.15) is 10.4 Å². The molecule has 1 aromatic carbocycles. The van der Waals surface area contributed by atoms with Crippen molar-refractivity contribution in [2.45, 2.75) is 13.6 Å². The zero-order valence-electron chi connectivity index (χ0n) is 10.2. The van der Waals surface area contributed by atoms with E-state index in [0.717, 1.165) is 13.6 Å². The molecule has 100 valence electrons. The number of hydrogen-bond donors (Lipinski definition) is 1. The third kappa shape index (κ3) is 3.40. The van der Waals surface area contributed by atoms with Gasteiger partial charge >= 0.3 is 5.97 Å². The van der Waals surface area contributed by atoms with E-state index in [0.29, 0.717) is 11.3 Å². The standard InChI is InChI=1S/C11H11N3O2S3/c1-16-9(15)6-3-4-7(12)8(5-6)18-11-14-13-10(17-2)19-11/h3-5H,12H2,1-2H3. The number of nitrogens with two attached hydrogens (primary N) is 1. The van der Waals surface area contributed by atoms with Crippen LogP contribution in [0.5, 0.6) is 0 Å². The molecule has 19 heavy (non-hydrogen) atoms. The maximum atomic E-state index is 11.5. The number of nitrogen functional groups attached to an aromatic ring is 1. The lowest BCUT2D eigenvalue weighted by Gasteiger charge is -2.05. The summed E-state index contributed by atoms with van der Waals surface area (Å²) in [6.45, 7) is 0. The Morgan fingerprint density at radius 1 is 1.37 bits per heavy atom. The van der Waals surface area contributed by atoms with Crippen molar-refractivity contribution < 1.29 is 9.53 Å². The number of carbonyl (C=O) groups is 1. The van der Waals surface area contributed by atoms with E-state index in [2.05, 4.69) is 14.9 Å². The summed E-state index contributed by atoms with van der Waals surface area (Å²) in [5.41, 5.74) is 6.96. The van der Waals surface area contributed by atoms with Crippen LogP contribution in [0.2, 0.25) is 0 Å². The molecule has 1 aromatic heterocycles. The molecular weight excluding hydrogens is 302 g/mol. The molecule has 2 aromatic rings. The Labute approximate surface area is 122 Å². The second kappa shape index (κ2) is 6.27. The summed E-state index contributed by atoms with van der Waals surface area (Å²) < 4.78 is 6.37. The maximum Gasteiger partial charge on any atom is 0.337 e. The van der Waals surface area contributed by atoms with Crippen LogP contribution in [0.4, 0.5) is 5.69 Å². The van der Waals surface area contributed by atoms with Crippen molar-refractivity contribution in [3.8, 4) is 0 Å². The van der Waals surface area contributed by atoms with Crippen molar-refractivity contribution >= 4 is 46.5 Å². The van der Waals surface area contributed by atoms with E-state index >= 15 is 0 Å². The first kappa shape index (κ1) is 14.2. The van der Waals surface area contributed by atoms with Crippen molar-refractivity contribution in [3.63, 3.8) is 0 Å². The highest BCUT2D eigenvalue weighted by Crippen LogP contribution is 2.36. The largest absolute Gasteiger partial charge is 0.465 e. The van der Waals surface area contributed by atoms with Crippen LogP contribution in [0.3, 0.4) is 0 Å². The van der Waals surface area contributed by atoms with Gasteiger partial charge in [0.2, 0.25) is 0 Å². The van der Waals surface area contributed by atoms with E-state index in [1.54, 1.807) is 30.0 Å². The number of hydrogen-bond acceptors (Lipinski definition) is 8. The summed E-state index contributed by atoms with van der Waals surface area (Å²) in [5, 5.41) is 8.07. The average molecular weight is 313 g/mol. The molecule has 1 heterocycles. The maximum absolute atomic E-state index is 11.5. The molecule has 0 amide bonds. The van der Waals surface area contributed by atoms with Crippen molar-refractivity contribution in [2.24, 2.45) is 0 Å². The van der Waals surface area contributed by atoms with Gasteiger partial charge in [0.05, 0.1) is 12.7 Å². The van der Waals surface area contributed by atoms with Gasteiger partial charge in [0.15, 0.2) is 8.68 Å².